The number of carboxylic acids is 1. The van der Waals surface area contributed by atoms with Gasteiger partial charge in [0.2, 0.25) is 11.8 Å². The molecule has 2 aromatic rings. The van der Waals surface area contributed by atoms with Gasteiger partial charge in [-0.05, 0) is 25.0 Å². The molecule has 1 fully saturated rings. The van der Waals surface area contributed by atoms with Gasteiger partial charge < -0.3 is 29.7 Å². The highest BCUT2D eigenvalue weighted by Crippen LogP contribution is 2.22. The lowest BCUT2D eigenvalue weighted by Gasteiger charge is -2.36. The van der Waals surface area contributed by atoms with Crippen molar-refractivity contribution >= 4 is 29.7 Å². The first kappa shape index (κ1) is 33.1. The van der Waals surface area contributed by atoms with E-state index in [1.807, 2.05) is 13.0 Å². The summed E-state index contributed by atoms with van der Waals surface area (Å²) in [6.45, 7) is 8.36. The second-order valence-electron chi connectivity index (χ2n) is 11.3. The standard InChI is InChI=1S/C30H41N5O8/c1-5-6-18-42-29(41)34-16-14-33(15-17-34)28(40)22(12-13-26(37)38)31-27(39)23-19-25(43-20-24(36)30(2,3)4)35(32-23)21-10-8-7-9-11-21/h7-11,19,22H,5-6,12-18,20H2,1-4H3,(H,31,39)(H,37,38)/t22-/m0/s1. The van der Waals surface area contributed by atoms with Gasteiger partial charge in [-0.3, -0.25) is 19.2 Å². The molecule has 13 heteroatoms. The number of hydrogen-bond acceptors (Lipinski definition) is 8. The van der Waals surface area contributed by atoms with Gasteiger partial charge >= 0.3 is 12.1 Å². The molecule has 0 spiro atoms. The van der Waals surface area contributed by atoms with Gasteiger partial charge in [-0.1, -0.05) is 52.3 Å². The molecule has 0 bridgehead atoms. The van der Waals surface area contributed by atoms with E-state index in [-0.39, 0.29) is 63.0 Å². The van der Waals surface area contributed by atoms with Gasteiger partial charge in [0.15, 0.2) is 11.5 Å². The molecular weight excluding hydrogens is 558 g/mol. The van der Waals surface area contributed by atoms with Crippen molar-refractivity contribution in [2.45, 2.75) is 59.4 Å². The summed E-state index contributed by atoms with van der Waals surface area (Å²) in [5.41, 5.74) is -0.115. The normalized spacial score (nSPS) is 14.1. The Bertz CT molecular complexity index is 1280. The number of carboxylic acid groups (broad SMARTS) is 1. The number of carbonyl (C=O) groups excluding carboxylic acids is 4. The molecule has 3 rings (SSSR count). The number of hydrogen-bond donors (Lipinski definition) is 2. The van der Waals surface area contributed by atoms with Crippen LogP contribution in [0.3, 0.4) is 0 Å². The maximum atomic E-state index is 13.4. The lowest BCUT2D eigenvalue weighted by molar-refractivity contribution is -0.138. The topological polar surface area (TPSA) is 160 Å². The quantitative estimate of drug-likeness (QED) is 0.330. The zero-order valence-corrected chi connectivity index (χ0v) is 25.2. The second kappa shape index (κ2) is 15.2. The maximum absolute atomic E-state index is 13.4. The van der Waals surface area contributed by atoms with E-state index >= 15 is 0 Å². The molecule has 1 aromatic heterocycles. The summed E-state index contributed by atoms with van der Waals surface area (Å²) in [4.78, 5) is 65.9. The van der Waals surface area contributed by atoms with Crippen molar-refractivity contribution in [1.29, 1.82) is 0 Å². The van der Waals surface area contributed by atoms with E-state index in [0.29, 0.717) is 12.3 Å². The van der Waals surface area contributed by atoms with Crippen LogP contribution in [0.5, 0.6) is 5.88 Å². The van der Waals surface area contributed by atoms with Crippen LogP contribution in [-0.4, -0.2) is 99.8 Å². The third-order valence-corrected chi connectivity index (χ3v) is 6.92. The zero-order chi connectivity index (χ0) is 31.6. The largest absolute Gasteiger partial charge is 0.481 e. The minimum absolute atomic E-state index is 0.0742. The van der Waals surface area contributed by atoms with Crippen molar-refractivity contribution < 1.29 is 38.6 Å². The highest BCUT2D eigenvalue weighted by Gasteiger charge is 2.32. The fraction of sp³-hybridized carbons (Fsp3) is 0.533. The van der Waals surface area contributed by atoms with Gasteiger partial charge in [0.05, 0.1) is 12.3 Å². The number of ether oxygens (including phenoxy) is 2. The molecule has 1 aromatic carbocycles. The van der Waals surface area contributed by atoms with E-state index in [2.05, 4.69) is 10.4 Å². The van der Waals surface area contributed by atoms with Crippen molar-refractivity contribution in [2.24, 2.45) is 5.41 Å². The lowest BCUT2D eigenvalue weighted by Crippen LogP contribution is -2.56. The van der Waals surface area contributed by atoms with Crippen LogP contribution in [0.4, 0.5) is 4.79 Å². The number of aromatic nitrogens is 2. The Morgan fingerprint density at radius 1 is 1.02 bits per heavy atom. The molecule has 43 heavy (non-hydrogen) atoms. The summed E-state index contributed by atoms with van der Waals surface area (Å²) in [5, 5.41) is 16.3. The van der Waals surface area contributed by atoms with Crippen LogP contribution in [-0.2, 0) is 19.1 Å². The van der Waals surface area contributed by atoms with Gasteiger partial charge in [-0.25, -0.2) is 9.48 Å². The molecule has 0 saturated carbocycles. The third kappa shape index (κ3) is 9.55. The molecule has 0 unspecified atom stereocenters. The van der Waals surface area contributed by atoms with Crippen molar-refractivity contribution in [2.75, 3.05) is 39.4 Å². The second-order valence-corrected chi connectivity index (χ2v) is 11.3. The number of rotatable bonds is 13. The number of nitrogens with zero attached hydrogens (tertiary/aromatic N) is 4. The average Bonchev–Trinajstić information content (AvgIpc) is 3.42. The molecule has 2 N–H and O–H groups in total. The first-order valence-electron chi connectivity index (χ1n) is 14.5. The minimum Gasteiger partial charge on any atom is -0.481 e. The summed E-state index contributed by atoms with van der Waals surface area (Å²) < 4.78 is 12.4. The average molecular weight is 600 g/mol. The van der Waals surface area contributed by atoms with Crippen LogP contribution in [0.2, 0.25) is 0 Å². The molecule has 2 heterocycles. The number of nitrogens with one attached hydrogen (secondary N) is 1. The van der Waals surface area contributed by atoms with Crippen LogP contribution in [0.1, 0.15) is 63.9 Å². The highest BCUT2D eigenvalue weighted by atomic mass is 16.6. The maximum Gasteiger partial charge on any atom is 0.409 e. The van der Waals surface area contributed by atoms with E-state index in [1.165, 1.54) is 20.5 Å². The molecule has 1 aliphatic heterocycles. The van der Waals surface area contributed by atoms with Crippen LogP contribution in [0.15, 0.2) is 36.4 Å². The first-order valence-corrected chi connectivity index (χ1v) is 14.5. The number of unbranched alkanes of at least 4 members (excludes halogenated alkanes) is 1. The Morgan fingerprint density at radius 3 is 2.28 bits per heavy atom. The summed E-state index contributed by atoms with van der Waals surface area (Å²) in [7, 11) is 0. The summed E-state index contributed by atoms with van der Waals surface area (Å²) in [6, 6.07) is 9.13. The SMILES string of the molecule is CCCCOC(=O)N1CCN(C(=O)[C@H](CCC(=O)O)NC(=O)c2cc(OCC(=O)C(C)(C)C)n(-c3ccccc3)n2)CC1. The fourth-order valence-corrected chi connectivity index (χ4v) is 4.17. The van der Waals surface area contributed by atoms with Gasteiger partial charge in [0.25, 0.3) is 5.91 Å². The smallest absolute Gasteiger partial charge is 0.409 e. The lowest BCUT2D eigenvalue weighted by atomic mass is 9.91. The number of benzene rings is 1. The number of Topliss-reactive ketones (excluding diaryl/α,β-unsaturated/α-hetero) is 1. The summed E-state index contributed by atoms with van der Waals surface area (Å²) >= 11 is 0. The van der Waals surface area contributed by atoms with Gasteiger partial charge in [-0.2, -0.15) is 5.10 Å². The molecule has 1 saturated heterocycles. The molecular formula is C30H41N5O8. The van der Waals surface area contributed by atoms with Crippen LogP contribution in [0, 0.1) is 5.41 Å². The van der Waals surface area contributed by atoms with Crippen LogP contribution < -0.4 is 10.1 Å². The number of aliphatic carboxylic acids is 1. The molecule has 0 aliphatic carbocycles. The Labute approximate surface area is 251 Å². The minimum atomic E-state index is -1.14. The Kier molecular flexibility index (Phi) is 11.7. The van der Waals surface area contributed by atoms with Crippen molar-refractivity contribution in [3.8, 4) is 11.6 Å². The van der Waals surface area contributed by atoms with Gasteiger partial charge in [0.1, 0.15) is 12.6 Å². The third-order valence-electron chi connectivity index (χ3n) is 6.92. The first-order chi connectivity index (χ1) is 20.4. The Balaban J connectivity index is 1.74. The Morgan fingerprint density at radius 2 is 1.67 bits per heavy atom. The van der Waals surface area contributed by atoms with Crippen molar-refractivity contribution in [3.63, 3.8) is 0 Å². The summed E-state index contributed by atoms with van der Waals surface area (Å²) in [6.07, 6.45) is 0.745. The Hall–Kier alpha value is -4.42. The van der Waals surface area contributed by atoms with Crippen LogP contribution in [0.25, 0.3) is 5.69 Å². The monoisotopic (exact) mass is 599 g/mol. The van der Waals surface area contributed by atoms with Gasteiger partial charge in [0, 0.05) is 44.1 Å². The van der Waals surface area contributed by atoms with Crippen molar-refractivity contribution in [3.05, 3.63) is 42.1 Å². The predicted molar refractivity (Wildman–Crippen MR) is 156 cm³/mol. The molecule has 3 amide bonds. The highest BCUT2D eigenvalue weighted by molar-refractivity contribution is 5.96. The number of ketones is 1. The van der Waals surface area contributed by atoms with E-state index in [1.54, 1.807) is 45.0 Å². The van der Waals surface area contributed by atoms with Crippen LogP contribution >= 0.6 is 0 Å². The number of amides is 3. The van der Waals surface area contributed by atoms with E-state index in [4.69, 9.17) is 9.47 Å². The molecule has 13 nitrogen and oxygen atoms in total. The van der Waals surface area contributed by atoms with E-state index in [0.717, 1.165) is 12.8 Å². The molecule has 234 valence electrons. The molecule has 1 aliphatic rings. The fourth-order valence-electron chi connectivity index (χ4n) is 4.17. The predicted octanol–water partition coefficient (Wildman–Crippen LogP) is 2.91. The number of para-hydroxylation sites is 1. The van der Waals surface area contributed by atoms with E-state index in [9.17, 15) is 29.1 Å². The number of carbonyl (C=O) groups is 5. The van der Waals surface area contributed by atoms with E-state index < -0.39 is 35.3 Å². The van der Waals surface area contributed by atoms with Gasteiger partial charge in [-0.15, -0.1) is 0 Å². The molecule has 1 atom stereocenters. The number of piperazine rings is 1. The summed E-state index contributed by atoms with van der Waals surface area (Å²) in [5.74, 6) is -2.26. The molecule has 0 radical (unpaired) electrons. The van der Waals surface area contributed by atoms with Crippen molar-refractivity contribution in [1.82, 2.24) is 24.9 Å². The zero-order valence-electron chi connectivity index (χ0n) is 25.2.